The number of unbranched alkanes of at least 4 members (excludes halogenated alkanes) is 1. The average Bonchev–Trinajstić information content (AvgIpc) is 2.45. The SMILES string of the molecule is CCCCC(=O)C1CC=C(c2cncc(C)n2)CC1. The Morgan fingerprint density at radius 2 is 2.26 bits per heavy atom. The second-order valence-electron chi connectivity index (χ2n) is 5.32. The first-order valence-corrected chi connectivity index (χ1v) is 7.21. The van der Waals surface area contributed by atoms with Gasteiger partial charge in [-0.1, -0.05) is 19.4 Å². The topological polar surface area (TPSA) is 42.9 Å². The van der Waals surface area contributed by atoms with Gasteiger partial charge in [-0.2, -0.15) is 0 Å². The van der Waals surface area contributed by atoms with E-state index in [4.69, 9.17) is 0 Å². The minimum Gasteiger partial charge on any atom is -0.299 e. The third kappa shape index (κ3) is 3.72. The molecule has 0 bridgehead atoms. The number of carbonyl (C=O) groups excluding carboxylic acids is 1. The monoisotopic (exact) mass is 258 g/mol. The molecule has 0 spiro atoms. The van der Waals surface area contributed by atoms with E-state index in [0.717, 1.165) is 49.9 Å². The lowest BCUT2D eigenvalue weighted by molar-refractivity contribution is -0.123. The van der Waals surface area contributed by atoms with E-state index in [-0.39, 0.29) is 5.92 Å². The van der Waals surface area contributed by atoms with Crippen molar-refractivity contribution in [3.05, 3.63) is 29.9 Å². The van der Waals surface area contributed by atoms with Crippen molar-refractivity contribution in [3.63, 3.8) is 0 Å². The van der Waals surface area contributed by atoms with Crippen molar-refractivity contribution in [3.8, 4) is 0 Å². The molecule has 1 heterocycles. The number of Topliss-reactive ketones (excluding diaryl/α,β-unsaturated/α-hetero) is 1. The molecule has 2 rings (SSSR count). The van der Waals surface area contributed by atoms with E-state index in [2.05, 4.69) is 23.0 Å². The van der Waals surface area contributed by atoms with E-state index < -0.39 is 0 Å². The van der Waals surface area contributed by atoms with Crippen LogP contribution in [0.2, 0.25) is 0 Å². The highest BCUT2D eigenvalue weighted by Gasteiger charge is 2.21. The summed E-state index contributed by atoms with van der Waals surface area (Å²) in [6.07, 6.45) is 11.4. The van der Waals surface area contributed by atoms with Crippen LogP contribution in [0.15, 0.2) is 18.5 Å². The van der Waals surface area contributed by atoms with Gasteiger partial charge in [-0.3, -0.25) is 14.8 Å². The fraction of sp³-hybridized carbons (Fsp3) is 0.562. The Bertz CT molecular complexity index is 479. The summed E-state index contributed by atoms with van der Waals surface area (Å²) in [5.74, 6) is 0.667. The summed E-state index contributed by atoms with van der Waals surface area (Å²) < 4.78 is 0. The maximum Gasteiger partial charge on any atom is 0.136 e. The Hall–Kier alpha value is -1.51. The van der Waals surface area contributed by atoms with Crippen molar-refractivity contribution in [2.24, 2.45) is 5.92 Å². The van der Waals surface area contributed by atoms with Crippen LogP contribution in [-0.2, 0) is 4.79 Å². The van der Waals surface area contributed by atoms with Crippen molar-refractivity contribution in [1.29, 1.82) is 0 Å². The van der Waals surface area contributed by atoms with Gasteiger partial charge in [-0.25, -0.2) is 0 Å². The third-order valence-electron chi connectivity index (χ3n) is 3.73. The molecule has 1 atom stereocenters. The van der Waals surface area contributed by atoms with Crippen LogP contribution >= 0.6 is 0 Å². The van der Waals surface area contributed by atoms with Crippen molar-refractivity contribution >= 4 is 11.4 Å². The molecule has 0 saturated heterocycles. The van der Waals surface area contributed by atoms with Crippen molar-refractivity contribution in [2.45, 2.75) is 52.4 Å². The van der Waals surface area contributed by atoms with Gasteiger partial charge in [0.05, 0.1) is 17.6 Å². The van der Waals surface area contributed by atoms with Gasteiger partial charge in [-0.05, 0) is 38.2 Å². The standard InChI is InChI=1S/C16H22N2O/c1-3-4-5-16(19)14-8-6-13(7-9-14)15-11-17-10-12(2)18-15/h6,10-11,14H,3-5,7-9H2,1-2H3. The van der Waals surface area contributed by atoms with Gasteiger partial charge in [-0.15, -0.1) is 0 Å². The molecule has 0 aliphatic heterocycles. The van der Waals surface area contributed by atoms with E-state index in [1.165, 1.54) is 5.57 Å². The van der Waals surface area contributed by atoms with Crippen LogP contribution in [-0.4, -0.2) is 15.8 Å². The molecule has 102 valence electrons. The van der Waals surface area contributed by atoms with Gasteiger partial charge >= 0.3 is 0 Å². The summed E-state index contributed by atoms with van der Waals surface area (Å²) in [4.78, 5) is 20.7. The molecule has 0 N–H and O–H groups in total. The smallest absolute Gasteiger partial charge is 0.136 e. The second-order valence-corrected chi connectivity index (χ2v) is 5.32. The fourth-order valence-electron chi connectivity index (χ4n) is 2.53. The molecule has 3 heteroatoms. The predicted octanol–water partition coefficient (Wildman–Crippen LogP) is 3.73. The summed E-state index contributed by atoms with van der Waals surface area (Å²) >= 11 is 0. The summed E-state index contributed by atoms with van der Waals surface area (Å²) in [5, 5.41) is 0. The first-order valence-electron chi connectivity index (χ1n) is 7.21. The first kappa shape index (κ1) is 13.9. The van der Waals surface area contributed by atoms with Crippen LogP contribution < -0.4 is 0 Å². The first-order chi connectivity index (χ1) is 9.20. The largest absolute Gasteiger partial charge is 0.299 e. The number of aromatic nitrogens is 2. The minimum absolute atomic E-state index is 0.230. The highest BCUT2D eigenvalue weighted by molar-refractivity contribution is 5.82. The van der Waals surface area contributed by atoms with E-state index in [1.54, 1.807) is 6.20 Å². The molecule has 0 radical (unpaired) electrons. The number of aryl methyl sites for hydroxylation is 1. The lowest BCUT2D eigenvalue weighted by Gasteiger charge is -2.20. The number of rotatable bonds is 5. The minimum atomic E-state index is 0.230. The normalized spacial score (nSPS) is 19.1. The van der Waals surface area contributed by atoms with Crippen molar-refractivity contribution < 1.29 is 4.79 Å². The van der Waals surface area contributed by atoms with Gasteiger partial charge in [0.25, 0.3) is 0 Å². The molecular weight excluding hydrogens is 236 g/mol. The van der Waals surface area contributed by atoms with Crippen LogP contribution in [0.1, 0.15) is 56.8 Å². The van der Waals surface area contributed by atoms with Crippen LogP contribution in [0.5, 0.6) is 0 Å². The van der Waals surface area contributed by atoms with Gasteiger partial charge < -0.3 is 0 Å². The molecule has 19 heavy (non-hydrogen) atoms. The third-order valence-corrected chi connectivity index (χ3v) is 3.73. The molecular formula is C16H22N2O. The molecule has 0 fully saturated rings. The molecule has 0 aromatic carbocycles. The van der Waals surface area contributed by atoms with E-state index in [1.807, 2.05) is 13.1 Å². The van der Waals surface area contributed by atoms with Gasteiger partial charge in [0.2, 0.25) is 0 Å². The molecule has 0 amide bonds. The summed E-state index contributed by atoms with van der Waals surface area (Å²) in [7, 11) is 0. The second kappa shape index (κ2) is 6.60. The van der Waals surface area contributed by atoms with E-state index in [0.29, 0.717) is 5.78 Å². The number of nitrogens with zero attached hydrogens (tertiary/aromatic N) is 2. The Kier molecular flexibility index (Phi) is 4.83. The molecule has 0 saturated carbocycles. The Morgan fingerprint density at radius 3 is 2.89 bits per heavy atom. The fourth-order valence-corrected chi connectivity index (χ4v) is 2.53. The van der Waals surface area contributed by atoms with Gasteiger partial charge in [0.15, 0.2) is 0 Å². The molecule has 1 aliphatic rings. The van der Waals surface area contributed by atoms with Gasteiger partial charge in [0.1, 0.15) is 5.78 Å². The molecule has 3 nitrogen and oxygen atoms in total. The summed E-state index contributed by atoms with van der Waals surface area (Å²) in [5.41, 5.74) is 3.16. The van der Waals surface area contributed by atoms with Crippen LogP contribution in [0.3, 0.4) is 0 Å². The van der Waals surface area contributed by atoms with E-state index in [9.17, 15) is 4.79 Å². The van der Waals surface area contributed by atoms with Crippen LogP contribution in [0.25, 0.3) is 5.57 Å². The number of hydrogen-bond acceptors (Lipinski definition) is 3. The number of ketones is 1. The molecule has 1 unspecified atom stereocenters. The zero-order valence-electron chi connectivity index (χ0n) is 11.9. The van der Waals surface area contributed by atoms with Crippen LogP contribution in [0.4, 0.5) is 0 Å². The van der Waals surface area contributed by atoms with Crippen molar-refractivity contribution in [2.75, 3.05) is 0 Å². The van der Waals surface area contributed by atoms with Crippen LogP contribution in [0, 0.1) is 12.8 Å². The highest BCUT2D eigenvalue weighted by Crippen LogP contribution is 2.30. The Morgan fingerprint density at radius 1 is 1.42 bits per heavy atom. The van der Waals surface area contributed by atoms with E-state index >= 15 is 0 Å². The average molecular weight is 258 g/mol. The number of allylic oxidation sites excluding steroid dienone is 2. The lowest BCUT2D eigenvalue weighted by Crippen LogP contribution is -2.17. The van der Waals surface area contributed by atoms with Crippen molar-refractivity contribution in [1.82, 2.24) is 9.97 Å². The lowest BCUT2D eigenvalue weighted by atomic mass is 9.84. The molecule has 1 aromatic heterocycles. The zero-order chi connectivity index (χ0) is 13.7. The maximum atomic E-state index is 12.0. The maximum absolute atomic E-state index is 12.0. The zero-order valence-corrected chi connectivity index (χ0v) is 11.9. The quantitative estimate of drug-likeness (QED) is 0.808. The Labute approximate surface area is 115 Å². The molecule has 1 aromatic rings. The summed E-state index contributed by atoms with van der Waals surface area (Å²) in [6, 6.07) is 0. The highest BCUT2D eigenvalue weighted by atomic mass is 16.1. The summed E-state index contributed by atoms with van der Waals surface area (Å²) in [6.45, 7) is 4.08. The van der Waals surface area contributed by atoms with Gasteiger partial charge in [0, 0.05) is 18.5 Å². The number of hydrogen-bond donors (Lipinski definition) is 0. The number of carbonyl (C=O) groups is 1. The predicted molar refractivity (Wildman–Crippen MR) is 76.6 cm³/mol. The Balaban J connectivity index is 1.98. The molecule has 1 aliphatic carbocycles.